The van der Waals surface area contributed by atoms with E-state index in [4.69, 9.17) is 22.1 Å². The monoisotopic (exact) mass is 413 g/mol. The van der Waals surface area contributed by atoms with Gasteiger partial charge in [0, 0.05) is 16.7 Å². The molecule has 0 aliphatic carbocycles. The van der Waals surface area contributed by atoms with Crippen LogP contribution in [0, 0.1) is 5.82 Å². The summed E-state index contributed by atoms with van der Waals surface area (Å²) in [7, 11) is -5.22. The number of nitrogens with two attached hydrogens (primary N) is 1. The maximum atomic E-state index is 14.0. The smallest absolute Gasteiger partial charge is 0.368 e. The number of rotatable bonds is 3. The predicted molar refractivity (Wildman–Crippen MR) is 81.9 cm³/mol. The molecule has 0 fully saturated rings. The molecule has 0 bridgehead atoms. The van der Waals surface area contributed by atoms with Crippen molar-refractivity contribution in [3.05, 3.63) is 52.3 Å². The molecular weight excluding hydrogens is 405 g/mol. The van der Waals surface area contributed by atoms with Crippen LogP contribution in [0.1, 0.15) is 23.6 Å². The van der Waals surface area contributed by atoms with Gasteiger partial charge in [-0.25, -0.2) is 21.6 Å². The molecule has 0 saturated carbocycles. The second-order valence-electron chi connectivity index (χ2n) is 5.44. The van der Waals surface area contributed by atoms with Crippen molar-refractivity contribution in [3.63, 3.8) is 0 Å². The summed E-state index contributed by atoms with van der Waals surface area (Å²) < 4.78 is 97.2. The van der Waals surface area contributed by atoms with E-state index in [9.17, 15) is 30.4 Å². The lowest BCUT2D eigenvalue weighted by Crippen LogP contribution is -2.34. The van der Waals surface area contributed by atoms with Crippen LogP contribution in [0.3, 0.4) is 0 Å². The molecule has 0 radical (unpaired) electrons. The van der Waals surface area contributed by atoms with E-state index in [1.807, 2.05) is 0 Å². The van der Waals surface area contributed by atoms with Crippen molar-refractivity contribution in [1.29, 1.82) is 0 Å². The molecule has 11 heteroatoms. The Kier molecular flexibility index (Phi) is 4.40. The number of alkyl halides is 4. The lowest BCUT2D eigenvalue weighted by molar-refractivity contribution is 0.0662. The van der Waals surface area contributed by atoms with E-state index < -0.39 is 55.1 Å². The SMILES string of the molecule is NC1c2c(ccc(Oc3cc(F)cc(Cl)c3)c2C(F)F)S(=O)(=O)C1(F)F. The molecule has 2 aromatic carbocycles. The van der Waals surface area contributed by atoms with Gasteiger partial charge in [-0.05, 0) is 24.3 Å². The molecule has 4 nitrogen and oxygen atoms in total. The maximum absolute atomic E-state index is 14.0. The van der Waals surface area contributed by atoms with Gasteiger partial charge in [-0.1, -0.05) is 11.6 Å². The average molecular weight is 414 g/mol. The number of sulfone groups is 1. The van der Waals surface area contributed by atoms with Crippen LogP contribution in [-0.4, -0.2) is 13.7 Å². The van der Waals surface area contributed by atoms with Crippen LogP contribution in [-0.2, 0) is 9.84 Å². The van der Waals surface area contributed by atoms with E-state index in [1.54, 1.807) is 0 Å². The first-order valence-electron chi connectivity index (χ1n) is 6.93. The van der Waals surface area contributed by atoms with E-state index in [-0.39, 0.29) is 10.8 Å². The normalized spacial score (nSPS) is 20.2. The fraction of sp³-hybridized carbons (Fsp3) is 0.200. The first-order valence-corrected chi connectivity index (χ1v) is 8.80. The lowest BCUT2D eigenvalue weighted by Gasteiger charge is -2.17. The molecule has 2 N–H and O–H groups in total. The third kappa shape index (κ3) is 2.72. The number of hydrogen-bond donors (Lipinski definition) is 1. The molecule has 1 atom stereocenters. The summed E-state index contributed by atoms with van der Waals surface area (Å²) in [5.74, 6) is -1.74. The lowest BCUT2D eigenvalue weighted by atomic mass is 10.0. The summed E-state index contributed by atoms with van der Waals surface area (Å²) in [5, 5.41) is -4.54. The number of halogens is 6. The second-order valence-corrected chi connectivity index (χ2v) is 7.87. The standard InChI is InChI=1S/C15H9ClF5NO3S/c16-6-3-7(17)5-8(4-6)25-9-1-2-10-12(11(9)14(18)19)13(22)15(20,21)26(10,23)24/h1-5,13-14H,22H2. The van der Waals surface area contributed by atoms with Gasteiger partial charge in [-0.2, -0.15) is 8.78 Å². The van der Waals surface area contributed by atoms with Crippen molar-refractivity contribution < 1.29 is 35.1 Å². The van der Waals surface area contributed by atoms with Crippen molar-refractivity contribution >= 4 is 21.4 Å². The van der Waals surface area contributed by atoms with Crippen LogP contribution in [0.5, 0.6) is 11.5 Å². The van der Waals surface area contributed by atoms with E-state index in [0.717, 1.165) is 24.3 Å². The molecule has 3 rings (SSSR count). The van der Waals surface area contributed by atoms with Crippen LogP contribution < -0.4 is 10.5 Å². The Bertz CT molecular complexity index is 977. The number of fused-ring (bicyclic) bond motifs is 1. The van der Waals surface area contributed by atoms with Gasteiger partial charge in [-0.3, -0.25) is 0 Å². The molecule has 1 aliphatic heterocycles. The number of benzene rings is 2. The molecule has 26 heavy (non-hydrogen) atoms. The maximum Gasteiger partial charge on any atom is 0.368 e. The van der Waals surface area contributed by atoms with E-state index >= 15 is 0 Å². The van der Waals surface area contributed by atoms with Crippen molar-refractivity contribution in [3.8, 4) is 11.5 Å². The first kappa shape index (κ1) is 18.9. The molecule has 2 aromatic rings. The largest absolute Gasteiger partial charge is 0.457 e. The van der Waals surface area contributed by atoms with Gasteiger partial charge in [0.25, 0.3) is 6.43 Å². The Morgan fingerprint density at radius 3 is 2.42 bits per heavy atom. The minimum absolute atomic E-state index is 0.0921. The van der Waals surface area contributed by atoms with Crippen molar-refractivity contribution in [2.24, 2.45) is 5.73 Å². The third-order valence-corrected chi connectivity index (χ3v) is 5.93. The van der Waals surface area contributed by atoms with E-state index in [2.05, 4.69) is 0 Å². The molecule has 0 saturated heterocycles. The van der Waals surface area contributed by atoms with Gasteiger partial charge in [0.1, 0.15) is 23.4 Å². The quantitative estimate of drug-likeness (QED) is 0.747. The van der Waals surface area contributed by atoms with Gasteiger partial charge in [0.15, 0.2) is 0 Å². The minimum atomic E-state index is -5.22. The van der Waals surface area contributed by atoms with Crippen molar-refractivity contribution in [2.75, 3.05) is 0 Å². The van der Waals surface area contributed by atoms with Gasteiger partial charge >= 0.3 is 5.25 Å². The Labute approximate surface area is 149 Å². The summed E-state index contributed by atoms with van der Waals surface area (Å²) in [4.78, 5) is -0.991. The van der Waals surface area contributed by atoms with E-state index in [1.165, 1.54) is 0 Å². The van der Waals surface area contributed by atoms with Crippen LogP contribution >= 0.6 is 11.6 Å². The Morgan fingerprint density at radius 2 is 1.85 bits per heavy atom. The zero-order valence-corrected chi connectivity index (χ0v) is 14.1. The Balaban J connectivity index is 2.20. The molecule has 1 unspecified atom stereocenters. The first-order chi connectivity index (χ1) is 12.0. The highest BCUT2D eigenvalue weighted by atomic mass is 35.5. The highest BCUT2D eigenvalue weighted by Gasteiger charge is 2.60. The summed E-state index contributed by atoms with van der Waals surface area (Å²) >= 11 is 5.64. The second kappa shape index (κ2) is 6.07. The predicted octanol–water partition coefficient (Wildman–Crippen LogP) is 4.59. The average Bonchev–Trinajstić information content (AvgIpc) is 2.64. The molecule has 1 heterocycles. The summed E-state index contributed by atoms with van der Waals surface area (Å²) in [5.41, 5.74) is 3.22. The molecule has 0 aromatic heterocycles. The fourth-order valence-electron chi connectivity index (χ4n) is 2.66. The highest BCUT2D eigenvalue weighted by molar-refractivity contribution is 7.92. The Morgan fingerprint density at radius 1 is 1.19 bits per heavy atom. The van der Waals surface area contributed by atoms with Gasteiger partial charge in [-0.15, -0.1) is 0 Å². The summed E-state index contributed by atoms with van der Waals surface area (Å²) in [6.45, 7) is 0. The zero-order valence-electron chi connectivity index (χ0n) is 12.5. The summed E-state index contributed by atoms with van der Waals surface area (Å²) in [6, 6.07) is 1.87. The van der Waals surface area contributed by atoms with Crippen LogP contribution in [0.4, 0.5) is 22.0 Å². The summed E-state index contributed by atoms with van der Waals surface area (Å²) in [6.07, 6.45) is -3.38. The topological polar surface area (TPSA) is 69.4 Å². The fourth-order valence-corrected chi connectivity index (χ4v) is 4.39. The third-order valence-electron chi connectivity index (χ3n) is 3.81. The van der Waals surface area contributed by atoms with Gasteiger partial charge in [0.05, 0.1) is 10.5 Å². The minimum Gasteiger partial charge on any atom is -0.457 e. The van der Waals surface area contributed by atoms with E-state index in [0.29, 0.717) is 6.07 Å². The molecule has 0 spiro atoms. The number of ether oxygens (including phenoxy) is 1. The zero-order chi connectivity index (χ0) is 19.4. The molecule has 1 aliphatic rings. The van der Waals surface area contributed by atoms with Crippen LogP contribution in [0.15, 0.2) is 35.2 Å². The molecule has 0 amide bonds. The molecule has 140 valence electrons. The van der Waals surface area contributed by atoms with Crippen LogP contribution in [0.25, 0.3) is 0 Å². The van der Waals surface area contributed by atoms with Crippen molar-refractivity contribution in [2.45, 2.75) is 22.6 Å². The Hall–Kier alpha value is -1.91. The number of hydrogen-bond acceptors (Lipinski definition) is 4. The highest BCUT2D eigenvalue weighted by Crippen LogP contribution is 2.52. The molecular formula is C15H9ClF5NO3S. The van der Waals surface area contributed by atoms with Gasteiger partial charge in [0.2, 0.25) is 9.84 Å². The van der Waals surface area contributed by atoms with Crippen LogP contribution in [0.2, 0.25) is 5.02 Å². The van der Waals surface area contributed by atoms with Crippen molar-refractivity contribution in [1.82, 2.24) is 0 Å². The van der Waals surface area contributed by atoms with Gasteiger partial charge < -0.3 is 10.5 Å².